The third kappa shape index (κ3) is 5.37. The average molecular weight is 308 g/mol. The quantitative estimate of drug-likeness (QED) is 0.893. The molecule has 0 bridgehead atoms. The first-order valence-electron chi connectivity index (χ1n) is 8.09. The van der Waals surface area contributed by atoms with Crippen molar-refractivity contribution >= 4 is 6.09 Å². The minimum atomic E-state index is -0.441. The molecule has 5 heteroatoms. The van der Waals surface area contributed by atoms with Crippen LogP contribution in [0.4, 0.5) is 4.79 Å². The van der Waals surface area contributed by atoms with Crippen molar-refractivity contribution in [2.45, 2.75) is 77.6 Å². The Morgan fingerprint density at radius 3 is 2.45 bits per heavy atom. The fraction of sp³-hybridized carbons (Fsp3) is 0.706. The third-order valence-corrected chi connectivity index (χ3v) is 3.97. The molecule has 0 saturated heterocycles. The minimum Gasteiger partial charge on any atom is -0.468 e. The normalized spacial score (nSPS) is 22.4. The summed E-state index contributed by atoms with van der Waals surface area (Å²) in [6, 6.07) is 2.69. The van der Waals surface area contributed by atoms with E-state index in [1.807, 2.05) is 26.8 Å². The molecule has 124 valence electrons. The maximum atomic E-state index is 11.8. The third-order valence-electron chi connectivity index (χ3n) is 3.97. The number of amides is 1. The zero-order chi connectivity index (χ0) is 16.2. The number of alkyl carbamates (subject to hydrolysis) is 1. The molecule has 2 N–H and O–H groups in total. The molecule has 0 spiro atoms. The summed E-state index contributed by atoms with van der Waals surface area (Å²) in [6.45, 7) is 8.47. The van der Waals surface area contributed by atoms with E-state index in [2.05, 4.69) is 17.6 Å². The van der Waals surface area contributed by atoms with E-state index >= 15 is 0 Å². The first-order valence-corrected chi connectivity index (χ1v) is 8.09. The van der Waals surface area contributed by atoms with Crippen molar-refractivity contribution in [1.29, 1.82) is 0 Å². The Morgan fingerprint density at radius 1 is 1.27 bits per heavy atom. The lowest BCUT2D eigenvalue weighted by Gasteiger charge is -2.30. The number of aryl methyl sites for hydroxylation is 1. The van der Waals surface area contributed by atoms with Crippen LogP contribution in [0.1, 0.15) is 57.8 Å². The molecule has 0 unspecified atom stereocenters. The summed E-state index contributed by atoms with van der Waals surface area (Å²) < 4.78 is 10.7. The smallest absolute Gasteiger partial charge is 0.407 e. The van der Waals surface area contributed by atoms with Crippen molar-refractivity contribution < 1.29 is 13.9 Å². The molecule has 2 rings (SSSR count). The first kappa shape index (κ1) is 16.9. The number of furan rings is 1. The number of ether oxygens (including phenoxy) is 1. The van der Waals surface area contributed by atoms with Crippen molar-refractivity contribution in [3.8, 4) is 0 Å². The van der Waals surface area contributed by atoms with Crippen LogP contribution in [0.25, 0.3) is 0 Å². The molecule has 0 radical (unpaired) electrons. The standard InChI is InChI=1S/C17H28N2O3/c1-12-9-10-21-15(12)11-18-13-5-7-14(8-6-13)19-16(20)22-17(2,3)4/h9-10,13-14,18H,5-8,11H2,1-4H3,(H,19,20). The summed E-state index contributed by atoms with van der Waals surface area (Å²) >= 11 is 0. The molecule has 1 saturated carbocycles. The Labute approximate surface area is 132 Å². The summed E-state index contributed by atoms with van der Waals surface area (Å²) in [5.41, 5.74) is 0.747. The van der Waals surface area contributed by atoms with E-state index in [-0.39, 0.29) is 12.1 Å². The fourth-order valence-corrected chi connectivity index (χ4v) is 2.74. The summed E-state index contributed by atoms with van der Waals surface area (Å²) in [5, 5.41) is 6.51. The molecule has 0 atom stereocenters. The van der Waals surface area contributed by atoms with Crippen LogP contribution in [-0.4, -0.2) is 23.8 Å². The lowest BCUT2D eigenvalue weighted by Crippen LogP contribution is -2.43. The van der Waals surface area contributed by atoms with Crippen LogP contribution in [0, 0.1) is 6.92 Å². The Kier molecular flexibility index (Phi) is 5.51. The predicted octanol–water partition coefficient (Wildman–Crippen LogP) is 3.51. The van der Waals surface area contributed by atoms with Gasteiger partial charge < -0.3 is 19.8 Å². The number of carbonyl (C=O) groups is 1. The van der Waals surface area contributed by atoms with Crippen LogP contribution in [0.2, 0.25) is 0 Å². The maximum Gasteiger partial charge on any atom is 0.407 e. The monoisotopic (exact) mass is 308 g/mol. The number of carbonyl (C=O) groups excluding carboxylic acids is 1. The highest BCUT2D eigenvalue weighted by molar-refractivity contribution is 5.68. The van der Waals surface area contributed by atoms with E-state index in [0.29, 0.717) is 6.04 Å². The van der Waals surface area contributed by atoms with Crippen LogP contribution in [0.3, 0.4) is 0 Å². The summed E-state index contributed by atoms with van der Waals surface area (Å²) in [6.07, 6.45) is 5.49. The number of hydrogen-bond acceptors (Lipinski definition) is 4. The Morgan fingerprint density at radius 2 is 1.91 bits per heavy atom. The van der Waals surface area contributed by atoms with E-state index < -0.39 is 5.60 Å². The van der Waals surface area contributed by atoms with Gasteiger partial charge in [-0.05, 0) is 65.0 Å². The van der Waals surface area contributed by atoms with Crippen molar-refractivity contribution in [3.63, 3.8) is 0 Å². The molecule has 0 aromatic carbocycles. The number of nitrogens with one attached hydrogen (secondary N) is 2. The molecular formula is C17H28N2O3. The molecular weight excluding hydrogens is 280 g/mol. The molecule has 1 aliphatic carbocycles. The topological polar surface area (TPSA) is 63.5 Å². The molecule has 1 aliphatic rings. The number of rotatable bonds is 4. The molecule has 0 aliphatic heterocycles. The van der Waals surface area contributed by atoms with E-state index in [0.717, 1.165) is 38.0 Å². The van der Waals surface area contributed by atoms with Gasteiger partial charge >= 0.3 is 6.09 Å². The zero-order valence-corrected chi connectivity index (χ0v) is 14.1. The Hall–Kier alpha value is -1.49. The van der Waals surface area contributed by atoms with Crippen molar-refractivity contribution in [2.75, 3.05) is 0 Å². The van der Waals surface area contributed by atoms with Gasteiger partial charge in [-0.1, -0.05) is 0 Å². The zero-order valence-electron chi connectivity index (χ0n) is 14.1. The highest BCUT2D eigenvalue weighted by Crippen LogP contribution is 2.20. The Balaban J connectivity index is 1.67. The van der Waals surface area contributed by atoms with Gasteiger partial charge in [0, 0.05) is 12.1 Å². The summed E-state index contributed by atoms with van der Waals surface area (Å²) in [7, 11) is 0. The van der Waals surface area contributed by atoms with Crippen LogP contribution in [0.5, 0.6) is 0 Å². The average Bonchev–Trinajstić information content (AvgIpc) is 2.81. The van der Waals surface area contributed by atoms with Gasteiger partial charge in [-0.2, -0.15) is 0 Å². The molecule has 1 aromatic rings. The SMILES string of the molecule is Cc1ccoc1CNC1CCC(NC(=O)OC(C)(C)C)CC1. The van der Waals surface area contributed by atoms with Crippen LogP contribution >= 0.6 is 0 Å². The van der Waals surface area contributed by atoms with Gasteiger partial charge in [0.05, 0.1) is 12.8 Å². The largest absolute Gasteiger partial charge is 0.468 e. The van der Waals surface area contributed by atoms with Crippen molar-refractivity contribution in [2.24, 2.45) is 0 Å². The summed E-state index contributed by atoms with van der Waals surface area (Å²) in [5.74, 6) is 1.01. The Bertz CT molecular complexity index is 482. The van der Waals surface area contributed by atoms with E-state index in [1.165, 1.54) is 5.56 Å². The van der Waals surface area contributed by atoms with Crippen LogP contribution in [0.15, 0.2) is 16.7 Å². The fourth-order valence-electron chi connectivity index (χ4n) is 2.74. The van der Waals surface area contributed by atoms with Gasteiger partial charge in [-0.25, -0.2) is 4.79 Å². The minimum absolute atomic E-state index is 0.221. The second-order valence-corrected chi connectivity index (χ2v) is 7.10. The maximum absolute atomic E-state index is 11.8. The molecule has 1 heterocycles. The molecule has 5 nitrogen and oxygen atoms in total. The second-order valence-electron chi connectivity index (χ2n) is 7.10. The van der Waals surface area contributed by atoms with Gasteiger partial charge in [0.15, 0.2) is 0 Å². The highest BCUT2D eigenvalue weighted by Gasteiger charge is 2.24. The van der Waals surface area contributed by atoms with E-state index in [1.54, 1.807) is 6.26 Å². The van der Waals surface area contributed by atoms with Gasteiger partial charge in [-0.3, -0.25) is 0 Å². The van der Waals surface area contributed by atoms with Crippen LogP contribution < -0.4 is 10.6 Å². The molecule has 1 amide bonds. The van der Waals surface area contributed by atoms with Gasteiger partial charge in [0.25, 0.3) is 0 Å². The first-order chi connectivity index (χ1) is 10.3. The number of hydrogen-bond donors (Lipinski definition) is 2. The lowest BCUT2D eigenvalue weighted by atomic mass is 9.91. The predicted molar refractivity (Wildman–Crippen MR) is 85.7 cm³/mol. The molecule has 1 aromatic heterocycles. The van der Waals surface area contributed by atoms with Gasteiger partial charge in [0.1, 0.15) is 11.4 Å². The summed E-state index contributed by atoms with van der Waals surface area (Å²) in [4.78, 5) is 11.8. The van der Waals surface area contributed by atoms with Crippen molar-refractivity contribution in [1.82, 2.24) is 10.6 Å². The van der Waals surface area contributed by atoms with Crippen LogP contribution in [-0.2, 0) is 11.3 Å². The van der Waals surface area contributed by atoms with Gasteiger partial charge in [0.2, 0.25) is 0 Å². The lowest BCUT2D eigenvalue weighted by molar-refractivity contribution is 0.0489. The molecule has 22 heavy (non-hydrogen) atoms. The van der Waals surface area contributed by atoms with Crippen molar-refractivity contribution in [3.05, 3.63) is 23.7 Å². The second kappa shape index (κ2) is 7.18. The van der Waals surface area contributed by atoms with Gasteiger partial charge in [-0.15, -0.1) is 0 Å². The van der Waals surface area contributed by atoms with E-state index in [4.69, 9.17) is 9.15 Å². The molecule has 1 fully saturated rings. The van der Waals surface area contributed by atoms with E-state index in [9.17, 15) is 4.79 Å². The highest BCUT2D eigenvalue weighted by atomic mass is 16.6.